The Morgan fingerprint density at radius 3 is 2.35 bits per heavy atom. The fourth-order valence-electron chi connectivity index (χ4n) is 4.10. The molecule has 0 spiro atoms. The number of ether oxygens (including phenoxy) is 2. The third-order valence-corrected chi connectivity index (χ3v) is 5.82. The summed E-state index contributed by atoms with van der Waals surface area (Å²) in [6, 6.07) is 5.78. The third kappa shape index (κ3) is 5.87. The Kier molecular flexibility index (Phi) is 8.09. The van der Waals surface area contributed by atoms with Crippen LogP contribution >= 0.6 is 0 Å². The van der Waals surface area contributed by atoms with Gasteiger partial charge in [0.15, 0.2) is 0 Å². The maximum Gasteiger partial charge on any atom is 0.338 e. The highest BCUT2D eigenvalue weighted by Gasteiger charge is 2.33. The molecule has 3 rings (SSSR count). The molecule has 31 heavy (non-hydrogen) atoms. The van der Waals surface area contributed by atoms with Gasteiger partial charge in [-0.1, -0.05) is 45.2 Å². The van der Waals surface area contributed by atoms with Crippen molar-refractivity contribution >= 4 is 18.0 Å². The van der Waals surface area contributed by atoms with E-state index in [1.165, 1.54) is 19.3 Å². The molecule has 1 unspecified atom stereocenters. The summed E-state index contributed by atoms with van der Waals surface area (Å²) in [6.45, 7) is 4.59. The molecule has 0 aromatic heterocycles. The molecule has 2 N–H and O–H groups in total. The van der Waals surface area contributed by atoms with Gasteiger partial charge in [0.05, 0.1) is 30.4 Å². The van der Waals surface area contributed by atoms with Crippen molar-refractivity contribution in [3.05, 3.63) is 46.7 Å². The van der Waals surface area contributed by atoms with Gasteiger partial charge in [-0.3, -0.25) is 0 Å². The van der Waals surface area contributed by atoms with E-state index in [-0.39, 0.29) is 12.0 Å². The van der Waals surface area contributed by atoms with E-state index in [4.69, 9.17) is 9.47 Å². The van der Waals surface area contributed by atoms with Crippen molar-refractivity contribution in [2.45, 2.75) is 64.8 Å². The number of nitrogens with one attached hydrogen (secondary N) is 2. The second-order valence-electron chi connectivity index (χ2n) is 8.14. The first-order valence-corrected chi connectivity index (χ1v) is 11.3. The molecule has 0 radical (unpaired) electrons. The Hall–Kier alpha value is -2.83. The van der Waals surface area contributed by atoms with E-state index >= 15 is 0 Å². The molecule has 1 aliphatic carbocycles. The molecular formula is C24H32N2O5. The molecule has 1 aliphatic heterocycles. The van der Waals surface area contributed by atoms with Crippen LogP contribution in [0.5, 0.6) is 0 Å². The summed E-state index contributed by atoms with van der Waals surface area (Å²) in [6.07, 6.45) is 7.02. The fraction of sp³-hybridized carbons (Fsp3) is 0.542. The van der Waals surface area contributed by atoms with E-state index < -0.39 is 12.0 Å². The molecule has 1 fully saturated rings. The summed E-state index contributed by atoms with van der Waals surface area (Å²) in [5.74, 6) is -0.396. The largest absolute Gasteiger partial charge is 0.462 e. The number of allylic oxidation sites excluding steroid dienone is 1. The number of carbonyl (C=O) groups is 3. The molecular weight excluding hydrogens is 396 g/mol. The molecule has 7 nitrogen and oxygen atoms in total. The lowest BCUT2D eigenvalue weighted by atomic mass is 9.90. The number of hydrogen-bond donors (Lipinski definition) is 2. The molecule has 1 aromatic rings. The summed E-state index contributed by atoms with van der Waals surface area (Å²) in [7, 11) is 0. The number of esters is 2. The number of benzene rings is 1. The van der Waals surface area contributed by atoms with Gasteiger partial charge in [0.25, 0.3) is 0 Å². The lowest BCUT2D eigenvalue weighted by molar-refractivity contribution is -0.141. The highest BCUT2D eigenvalue weighted by Crippen LogP contribution is 2.30. The summed E-state index contributed by atoms with van der Waals surface area (Å²) >= 11 is 0. The number of urea groups is 1. The Morgan fingerprint density at radius 1 is 1.00 bits per heavy atom. The van der Waals surface area contributed by atoms with E-state index in [2.05, 4.69) is 10.6 Å². The zero-order valence-electron chi connectivity index (χ0n) is 18.4. The normalized spacial score (nSPS) is 19.4. The van der Waals surface area contributed by atoms with Crippen LogP contribution in [-0.4, -0.2) is 31.2 Å². The van der Waals surface area contributed by atoms with E-state index in [0.717, 1.165) is 19.3 Å². The third-order valence-electron chi connectivity index (χ3n) is 5.82. The molecule has 1 aromatic carbocycles. The number of hydrogen-bond acceptors (Lipinski definition) is 5. The van der Waals surface area contributed by atoms with Crippen molar-refractivity contribution in [2.75, 3.05) is 13.2 Å². The summed E-state index contributed by atoms with van der Waals surface area (Å²) in [4.78, 5) is 37.3. The number of carbonyl (C=O) groups excluding carboxylic acids is 3. The van der Waals surface area contributed by atoms with Gasteiger partial charge in [-0.25, -0.2) is 14.4 Å². The first kappa shape index (κ1) is 22.8. The van der Waals surface area contributed by atoms with Crippen molar-refractivity contribution in [3.63, 3.8) is 0 Å². The minimum Gasteiger partial charge on any atom is -0.462 e. The monoisotopic (exact) mass is 428 g/mol. The zero-order valence-corrected chi connectivity index (χ0v) is 18.4. The highest BCUT2D eigenvalue weighted by atomic mass is 16.5. The minimum absolute atomic E-state index is 0.364. The molecule has 0 saturated heterocycles. The standard InChI is InChI=1S/C24H32N2O5/c1-3-14-30-22(27)18-12-10-17(11-13-18)21-20(19(4-2)25-24(29)26-21)23(28)31-15-16-8-6-5-7-9-16/h10-13,16,21H,3-9,14-15H2,1-2H3,(H2,25,26,29). The van der Waals surface area contributed by atoms with Gasteiger partial charge in [-0.15, -0.1) is 0 Å². The lowest BCUT2D eigenvalue weighted by Gasteiger charge is -2.30. The molecule has 2 aliphatic rings. The van der Waals surface area contributed by atoms with Crippen LogP contribution < -0.4 is 10.6 Å². The predicted octanol–water partition coefficient (Wildman–Crippen LogP) is 4.39. The second-order valence-corrected chi connectivity index (χ2v) is 8.14. The maximum atomic E-state index is 13.0. The first-order valence-electron chi connectivity index (χ1n) is 11.3. The lowest BCUT2D eigenvalue weighted by Crippen LogP contribution is -2.46. The van der Waals surface area contributed by atoms with Crippen LogP contribution in [0.3, 0.4) is 0 Å². The van der Waals surface area contributed by atoms with Gasteiger partial charge in [0.2, 0.25) is 0 Å². The van der Waals surface area contributed by atoms with Crippen LogP contribution in [0, 0.1) is 5.92 Å². The van der Waals surface area contributed by atoms with E-state index in [0.29, 0.717) is 47.9 Å². The molecule has 1 atom stereocenters. The van der Waals surface area contributed by atoms with Gasteiger partial charge in [-0.2, -0.15) is 0 Å². The molecule has 168 valence electrons. The quantitative estimate of drug-likeness (QED) is 0.599. The van der Waals surface area contributed by atoms with E-state index in [1.807, 2.05) is 13.8 Å². The molecule has 1 saturated carbocycles. The summed E-state index contributed by atoms with van der Waals surface area (Å²) in [5, 5.41) is 5.57. The van der Waals surface area contributed by atoms with Crippen LogP contribution in [0.25, 0.3) is 0 Å². The Morgan fingerprint density at radius 2 is 1.71 bits per heavy atom. The van der Waals surface area contributed by atoms with Crippen LogP contribution in [-0.2, 0) is 14.3 Å². The van der Waals surface area contributed by atoms with Gasteiger partial charge < -0.3 is 20.1 Å². The number of amides is 2. The van der Waals surface area contributed by atoms with Crippen LogP contribution in [0.1, 0.15) is 80.8 Å². The summed E-state index contributed by atoms with van der Waals surface area (Å²) in [5.41, 5.74) is 2.11. The Balaban J connectivity index is 1.78. The van der Waals surface area contributed by atoms with Crippen LogP contribution in [0.4, 0.5) is 4.79 Å². The Bertz CT molecular complexity index is 825. The van der Waals surface area contributed by atoms with Crippen molar-refractivity contribution in [2.24, 2.45) is 5.92 Å². The topological polar surface area (TPSA) is 93.7 Å². The van der Waals surface area contributed by atoms with E-state index in [1.54, 1.807) is 24.3 Å². The van der Waals surface area contributed by atoms with Crippen LogP contribution in [0.2, 0.25) is 0 Å². The average Bonchev–Trinajstić information content (AvgIpc) is 2.81. The van der Waals surface area contributed by atoms with Gasteiger partial charge in [-0.05, 0) is 49.3 Å². The predicted molar refractivity (Wildman–Crippen MR) is 116 cm³/mol. The highest BCUT2D eigenvalue weighted by molar-refractivity contribution is 5.95. The number of rotatable bonds is 8. The molecule has 1 heterocycles. The maximum absolute atomic E-state index is 13.0. The molecule has 2 amide bonds. The fourth-order valence-corrected chi connectivity index (χ4v) is 4.10. The van der Waals surface area contributed by atoms with Gasteiger partial charge in [0, 0.05) is 5.70 Å². The average molecular weight is 429 g/mol. The molecule has 7 heteroatoms. The first-order chi connectivity index (χ1) is 15.0. The smallest absolute Gasteiger partial charge is 0.338 e. The van der Waals surface area contributed by atoms with Crippen LogP contribution in [0.15, 0.2) is 35.5 Å². The summed E-state index contributed by atoms with van der Waals surface area (Å²) < 4.78 is 10.8. The van der Waals surface area contributed by atoms with Crippen molar-refractivity contribution in [1.29, 1.82) is 0 Å². The zero-order chi connectivity index (χ0) is 22.2. The van der Waals surface area contributed by atoms with E-state index in [9.17, 15) is 14.4 Å². The van der Waals surface area contributed by atoms with Crippen molar-refractivity contribution in [3.8, 4) is 0 Å². The second kappa shape index (κ2) is 11.0. The van der Waals surface area contributed by atoms with Gasteiger partial charge in [0.1, 0.15) is 0 Å². The van der Waals surface area contributed by atoms with Crippen molar-refractivity contribution in [1.82, 2.24) is 10.6 Å². The van der Waals surface area contributed by atoms with Crippen molar-refractivity contribution < 1.29 is 23.9 Å². The Labute approximate surface area is 183 Å². The SMILES string of the molecule is CCCOC(=O)c1ccc(C2NC(=O)NC(CC)=C2C(=O)OCC2CCCCC2)cc1. The van der Waals surface area contributed by atoms with Gasteiger partial charge >= 0.3 is 18.0 Å². The molecule has 0 bridgehead atoms. The minimum atomic E-state index is -0.636.